The maximum atomic E-state index is 12.4. The van der Waals surface area contributed by atoms with Crippen LogP contribution in [-0.4, -0.2) is 18.4 Å². The fourth-order valence-electron chi connectivity index (χ4n) is 3.07. The Bertz CT molecular complexity index is 481. The van der Waals surface area contributed by atoms with Crippen molar-refractivity contribution >= 4 is 29.0 Å². The van der Waals surface area contributed by atoms with Gasteiger partial charge in [0.15, 0.2) is 0 Å². The monoisotopic (exact) mass is 313 g/mol. The minimum absolute atomic E-state index is 0.0135. The van der Waals surface area contributed by atoms with Crippen LogP contribution in [0.2, 0.25) is 10.0 Å². The molecule has 2 rings (SSSR count). The molecule has 0 bridgehead atoms. The number of halogens is 2. The number of carbonyl (C=O) groups excluding carboxylic acids is 1. The van der Waals surface area contributed by atoms with Crippen LogP contribution in [0, 0.1) is 0 Å². The first-order valence-corrected chi connectivity index (χ1v) is 7.95. The summed E-state index contributed by atoms with van der Waals surface area (Å²) in [5.74, 6) is 0.227. The zero-order chi connectivity index (χ0) is 14.6. The summed E-state index contributed by atoms with van der Waals surface area (Å²) in [6, 6.07) is 5.28. The van der Waals surface area contributed by atoms with Crippen LogP contribution in [0.5, 0.6) is 0 Å². The summed E-state index contributed by atoms with van der Waals surface area (Å²) in [7, 11) is 1.96. The molecule has 1 saturated carbocycles. The van der Waals surface area contributed by atoms with Crippen LogP contribution >= 0.6 is 23.2 Å². The lowest BCUT2D eigenvalue weighted by molar-refractivity contribution is -0.120. The van der Waals surface area contributed by atoms with Crippen LogP contribution in [0.3, 0.4) is 0 Å². The Labute approximate surface area is 130 Å². The van der Waals surface area contributed by atoms with Crippen molar-refractivity contribution in [3.8, 4) is 0 Å². The molecule has 0 heterocycles. The third-order valence-corrected chi connectivity index (χ3v) is 4.88. The number of nitrogens with one attached hydrogen (secondary N) is 1. The molecular weight excluding hydrogens is 293 g/mol. The SMILES string of the molecule is CNC1(CC(=O)Cc2cc(Cl)ccc2Cl)CCCCC1. The van der Waals surface area contributed by atoms with Crippen molar-refractivity contribution in [1.82, 2.24) is 5.32 Å². The van der Waals surface area contributed by atoms with Gasteiger partial charge >= 0.3 is 0 Å². The van der Waals surface area contributed by atoms with Crippen molar-refractivity contribution in [2.75, 3.05) is 7.05 Å². The number of carbonyl (C=O) groups is 1. The number of rotatable bonds is 5. The van der Waals surface area contributed by atoms with Crippen LogP contribution < -0.4 is 5.32 Å². The smallest absolute Gasteiger partial charge is 0.139 e. The number of hydrogen-bond acceptors (Lipinski definition) is 2. The quantitative estimate of drug-likeness (QED) is 0.872. The highest BCUT2D eigenvalue weighted by atomic mass is 35.5. The molecule has 1 fully saturated rings. The van der Waals surface area contributed by atoms with Gasteiger partial charge in [-0.25, -0.2) is 0 Å². The van der Waals surface area contributed by atoms with Gasteiger partial charge in [-0.3, -0.25) is 4.79 Å². The van der Waals surface area contributed by atoms with Crippen LogP contribution in [0.15, 0.2) is 18.2 Å². The Morgan fingerprint density at radius 1 is 1.25 bits per heavy atom. The predicted octanol–water partition coefficient (Wildman–Crippen LogP) is 4.42. The van der Waals surface area contributed by atoms with Gasteiger partial charge in [0.1, 0.15) is 5.78 Å². The summed E-state index contributed by atoms with van der Waals surface area (Å²) in [6.07, 6.45) is 6.78. The molecule has 0 unspecified atom stereocenters. The minimum atomic E-state index is -0.0135. The maximum absolute atomic E-state index is 12.4. The molecule has 1 aromatic carbocycles. The second-order valence-corrected chi connectivity index (χ2v) is 6.56. The van der Waals surface area contributed by atoms with Crippen molar-refractivity contribution < 1.29 is 4.79 Å². The summed E-state index contributed by atoms with van der Waals surface area (Å²) >= 11 is 12.1. The third kappa shape index (κ3) is 3.97. The third-order valence-electron chi connectivity index (χ3n) is 4.27. The fourth-order valence-corrected chi connectivity index (χ4v) is 3.45. The van der Waals surface area contributed by atoms with Gasteiger partial charge in [-0.15, -0.1) is 0 Å². The zero-order valence-corrected chi connectivity index (χ0v) is 13.4. The molecule has 0 radical (unpaired) electrons. The second-order valence-electron chi connectivity index (χ2n) is 5.72. The Morgan fingerprint density at radius 3 is 2.60 bits per heavy atom. The van der Waals surface area contributed by atoms with E-state index in [-0.39, 0.29) is 11.3 Å². The van der Waals surface area contributed by atoms with E-state index in [9.17, 15) is 4.79 Å². The second kappa shape index (κ2) is 6.93. The van der Waals surface area contributed by atoms with Crippen molar-refractivity contribution in [1.29, 1.82) is 0 Å². The van der Waals surface area contributed by atoms with Gasteiger partial charge in [0.25, 0.3) is 0 Å². The predicted molar refractivity (Wildman–Crippen MR) is 84.7 cm³/mol. The zero-order valence-electron chi connectivity index (χ0n) is 11.8. The number of Topliss-reactive ketones (excluding diaryl/α,β-unsaturated/α-hetero) is 1. The molecule has 0 atom stereocenters. The van der Waals surface area contributed by atoms with Crippen molar-refractivity contribution in [2.24, 2.45) is 0 Å². The van der Waals surface area contributed by atoms with Gasteiger partial charge in [-0.1, -0.05) is 42.5 Å². The molecule has 0 spiro atoms. The lowest BCUT2D eigenvalue weighted by Crippen LogP contribution is -2.46. The highest BCUT2D eigenvalue weighted by molar-refractivity contribution is 6.33. The van der Waals surface area contributed by atoms with Crippen molar-refractivity contribution in [3.05, 3.63) is 33.8 Å². The molecule has 1 aromatic rings. The Balaban J connectivity index is 2.02. The summed E-state index contributed by atoms with van der Waals surface area (Å²) in [6.45, 7) is 0. The molecule has 0 aromatic heterocycles. The van der Waals surface area contributed by atoms with E-state index in [0.717, 1.165) is 18.4 Å². The van der Waals surface area contributed by atoms with Crippen LogP contribution in [0.4, 0.5) is 0 Å². The standard InChI is InChI=1S/C16H21Cl2NO/c1-19-16(7-3-2-4-8-16)11-14(20)10-12-9-13(17)5-6-15(12)18/h5-6,9,19H,2-4,7-8,10-11H2,1H3. The van der Waals surface area contributed by atoms with E-state index in [4.69, 9.17) is 23.2 Å². The van der Waals surface area contributed by atoms with Gasteiger partial charge in [-0.2, -0.15) is 0 Å². The molecule has 0 amide bonds. The van der Waals surface area contributed by atoms with Gasteiger partial charge in [0.2, 0.25) is 0 Å². The molecule has 1 aliphatic rings. The van der Waals surface area contributed by atoms with Crippen LogP contribution in [0.1, 0.15) is 44.1 Å². The van der Waals surface area contributed by atoms with E-state index in [2.05, 4.69) is 5.32 Å². The summed E-state index contributed by atoms with van der Waals surface area (Å²) in [5, 5.41) is 4.62. The molecule has 4 heteroatoms. The van der Waals surface area contributed by atoms with Gasteiger partial charge in [-0.05, 0) is 43.7 Å². The van der Waals surface area contributed by atoms with Gasteiger partial charge in [0, 0.05) is 28.4 Å². The summed E-state index contributed by atoms with van der Waals surface area (Å²) < 4.78 is 0. The topological polar surface area (TPSA) is 29.1 Å². The minimum Gasteiger partial charge on any atom is -0.314 e. The molecule has 2 nitrogen and oxygen atoms in total. The van der Waals surface area contributed by atoms with E-state index in [1.165, 1.54) is 19.3 Å². The van der Waals surface area contributed by atoms with E-state index in [1.54, 1.807) is 18.2 Å². The van der Waals surface area contributed by atoms with E-state index < -0.39 is 0 Å². The van der Waals surface area contributed by atoms with Gasteiger partial charge < -0.3 is 5.32 Å². The molecule has 110 valence electrons. The Kier molecular flexibility index (Phi) is 5.48. The van der Waals surface area contributed by atoms with E-state index >= 15 is 0 Å². The first-order chi connectivity index (χ1) is 9.54. The molecule has 0 aliphatic heterocycles. The number of ketones is 1. The number of benzene rings is 1. The first-order valence-electron chi connectivity index (χ1n) is 7.19. The molecule has 1 aliphatic carbocycles. The molecule has 20 heavy (non-hydrogen) atoms. The Hall–Kier alpha value is -0.570. The van der Waals surface area contributed by atoms with E-state index in [0.29, 0.717) is 22.9 Å². The molecule has 0 saturated heterocycles. The maximum Gasteiger partial charge on any atom is 0.139 e. The molecular formula is C16H21Cl2NO. The highest BCUT2D eigenvalue weighted by Gasteiger charge is 2.32. The van der Waals surface area contributed by atoms with Crippen LogP contribution in [-0.2, 0) is 11.2 Å². The van der Waals surface area contributed by atoms with E-state index in [1.807, 2.05) is 7.05 Å². The summed E-state index contributed by atoms with van der Waals surface area (Å²) in [5.41, 5.74) is 0.812. The lowest BCUT2D eigenvalue weighted by atomic mass is 9.78. The van der Waals surface area contributed by atoms with Crippen molar-refractivity contribution in [2.45, 2.75) is 50.5 Å². The van der Waals surface area contributed by atoms with Gasteiger partial charge in [0.05, 0.1) is 0 Å². The highest BCUT2D eigenvalue weighted by Crippen LogP contribution is 2.31. The lowest BCUT2D eigenvalue weighted by Gasteiger charge is -2.36. The van der Waals surface area contributed by atoms with Crippen molar-refractivity contribution in [3.63, 3.8) is 0 Å². The first kappa shape index (κ1) is 15.8. The summed E-state index contributed by atoms with van der Waals surface area (Å²) in [4.78, 5) is 12.4. The fraction of sp³-hybridized carbons (Fsp3) is 0.562. The largest absolute Gasteiger partial charge is 0.314 e. The molecule has 1 N–H and O–H groups in total. The normalized spacial score (nSPS) is 17.9. The number of hydrogen-bond donors (Lipinski definition) is 1. The average molecular weight is 314 g/mol. The average Bonchev–Trinajstić information content (AvgIpc) is 2.44. The van der Waals surface area contributed by atoms with Crippen LogP contribution in [0.25, 0.3) is 0 Å². The Morgan fingerprint density at radius 2 is 1.95 bits per heavy atom.